The Morgan fingerprint density at radius 2 is 1.48 bits per heavy atom. The largest absolute Gasteiger partial charge is 0.321 e. The van der Waals surface area contributed by atoms with E-state index in [9.17, 15) is 4.79 Å². The number of rotatable bonds is 3. The zero-order valence-corrected chi connectivity index (χ0v) is 13.6. The van der Waals surface area contributed by atoms with Gasteiger partial charge in [-0.3, -0.25) is 4.79 Å². The van der Waals surface area contributed by atoms with Gasteiger partial charge in [0.1, 0.15) is 0 Å². The first-order valence-corrected chi connectivity index (χ1v) is 7.37. The van der Waals surface area contributed by atoms with Gasteiger partial charge >= 0.3 is 0 Å². The van der Waals surface area contributed by atoms with Gasteiger partial charge in [0.25, 0.3) is 0 Å². The topological polar surface area (TPSA) is 29.1 Å². The minimum absolute atomic E-state index is 0.289. The van der Waals surface area contributed by atoms with E-state index in [2.05, 4.69) is 5.32 Å². The van der Waals surface area contributed by atoms with Crippen LogP contribution in [-0.2, 0) is 4.79 Å². The number of benzene rings is 2. The van der Waals surface area contributed by atoms with E-state index in [1.165, 1.54) is 6.08 Å². The van der Waals surface area contributed by atoms with Crippen molar-refractivity contribution in [2.75, 3.05) is 5.32 Å². The van der Waals surface area contributed by atoms with Crippen LogP contribution >= 0.6 is 46.4 Å². The van der Waals surface area contributed by atoms with Crippen molar-refractivity contribution < 1.29 is 4.79 Å². The molecular weight excluding hydrogens is 352 g/mol. The van der Waals surface area contributed by atoms with E-state index in [1.54, 1.807) is 42.5 Å². The highest BCUT2D eigenvalue weighted by Gasteiger charge is 2.07. The molecule has 0 saturated carbocycles. The van der Waals surface area contributed by atoms with Crippen LogP contribution in [0.5, 0.6) is 0 Å². The standard InChI is InChI=1S/C15H9Cl4NO/c16-10-3-1-4-11(17)9(10)7-8-14(21)20-13-6-2-5-12(18)15(13)19/h1-8H,(H,20,21). The monoisotopic (exact) mass is 359 g/mol. The van der Waals surface area contributed by atoms with Crippen molar-refractivity contribution in [1.29, 1.82) is 0 Å². The summed E-state index contributed by atoms with van der Waals surface area (Å²) < 4.78 is 0. The molecular formula is C15H9Cl4NO. The molecule has 6 heteroatoms. The molecule has 0 saturated heterocycles. The summed E-state index contributed by atoms with van der Waals surface area (Å²) in [6.45, 7) is 0. The van der Waals surface area contributed by atoms with E-state index in [1.807, 2.05) is 0 Å². The van der Waals surface area contributed by atoms with Crippen LogP contribution in [0.2, 0.25) is 20.1 Å². The maximum Gasteiger partial charge on any atom is 0.248 e. The van der Waals surface area contributed by atoms with Crippen LogP contribution in [-0.4, -0.2) is 5.91 Å². The fraction of sp³-hybridized carbons (Fsp3) is 0. The summed E-state index contributed by atoms with van der Waals surface area (Å²) in [7, 11) is 0. The second-order valence-electron chi connectivity index (χ2n) is 4.06. The van der Waals surface area contributed by atoms with Gasteiger partial charge in [0.2, 0.25) is 5.91 Å². The maximum absolute atomic E-state index is 11.9. The molecule has 2 aromatic carbocycles. The number of carbonyl (C=O) groups excluding carboxylic acids is 1. The summed E-state index contributed by atoms with van der Waals surface area (Å²) in [4.78, 5) is 11.9. The molecule has 21 heavy (non-hydrogen) atoms. The molecule has 0 heterocycles. The molecule has 0 atom stereocenters. The predicted molar refractivity (Wildman–Crippen MR) is 90.6 cm³/mol. The Morgan fingerprint density at radius 1 is 0.905 bits per heavy atom. The first kappa shape index (κ1) is 16.2. The fourth-order valence-corrected chi connectivity index (χ4v) is 2.47. The minimum atomic E-state index is -0.366. The van der Waals surface area contributed by atoms with Crippen molar-refractivity contribution in [3.63, 3.8) is 0 Å². The SMILES string of the molecule is O=C(C=Cc1c(Cl)cccc1Cl)Nc1cccc(Cl)c1Cl. The van der Waals surface area contributed by atoms with Crippen molar-refractivity contribution >= 4 is 64.1 Å². The summed E-state index contributed by atoms with van der Waals surface area (Å²) in [6, 6.07) is 10.1. The highest BCUT2D eigenvalue weighted by molar-refractivity contribution is 6.44. The fourth-order valence-electron chi connectivity index (χ4n) is 1.60. The lowest BCUT2D eigenvalue weighted by atomic mass is 10.2. The molecule has 2 nitrogen and oxygen atoms in total. The zero-order chi connectivity index (χ0) is 15.4. The van der Waals surface area contributed by atoms with Gasteiger partial charge in [-0.25, -0.2) is 0 Å². The molecule has 1 N–H and O–H groups in total. The van der Waals surface area contributed by atoms with Gasteiger partial charge in [-0.15, -0.1) is 0 Å². The number of nitrogens with one attached hydrogen (secondary N) is 1. The van der Waals surface area contributed by atoms with E-state index in [0.717, 1.165) is 0 Å². The molecule has 0 spiro atoms. The van der Waals surface area contributed by atoms with Crippen LogP contribution in [0, 0.1) is 0 Å². The van der Waals surface area contributed by atoms with Crippen molar-refractivity contribution in [3.8, 4) is 0 Å². The molecule has 1 amide bonds. The normalized spacial score (nSPS) is 10.9. The van der Waals surface area contributed by atoms with Crippen LogP contribution in [0.4, 0.5) is 5.69 Å². The molecule has 0 radical (unpaired) electrons. The number of halogens is 4. The van der Waals surface area contributed by atoms with Gasteiger partial charge in [0.05, 0.1) is 15.7 Å². The molecule has 0 aliphatic carbocycles. The predicted octanol–water partition coefficient (Wildman–Crippen LogP) is 5.95. The molecule has 2 aromatic rings. The number of hydrogen-bond donors (Lipinski definition) is 1. The zero-order valence-electron chi connectivity index (χ0n) is 10.5. The number of anilines is 1. The Hall–Kier alpha value is -1.19. The lowest BCUT2D eigenvalue weighted by Crippen LogP contribution is -2.08. The minimum Gasteiger partial charge on any atom is -0.321 e. The van der Waals surface area contributed by atoms with E-state index >= 15 is 0 Å². The van der Waals surface area contributed by atoms with Gasteiger partial charge in [0.15, 0.2) is 0 Å². The second kappa shape index (κ2) is 7.19. The molecule has 108 valence electrons. The molecule has 0 unspecified atom stereocenters. The third-order valence-corrected chi connectivity index (χ3v) is 4.09. The van der Waals surface area contributed by atoms with Crippen LogP contribution in [0.15, 0.2) is 42.5 Å². The molecule has 2 rings (SSSR count). The molecule has 0 fully saturated rings. The van der Waals surface area contributed by atoms with Crippen LogP contribution in [0.1, 0.15) is 5.56 Å². The third kappa shape index (κ3) is 4.14. The molecule has 0 aromatic heterocycles. The molecule has 0 aliphatic rings. The van der Waals surface area contributed by atoms with E-state index in [-0.39, 0.29) is 10.9 Å². The summed E-state index contributed by atoms with van der Waals surface area (Å²) in [5, 5.41) is 4.22. The maximum atomic E-state index is 11.9. The van der Waals surface area contributed by atoms with E-state index < -0.39 is 0 Å². The third-order valence-electron chi connectivity index (χ3n) is 2.61. The lowest BCUT2D eigenvalue weighted by molar-refractivity contribution is -0.111. The summed E-state index contributed by atoms with van der Waals surface area (Å²) in [6.07, 6.45) is 2.86. The lowest BCUT2D eigenvalue weighted by Gasteiger charge is -2.06. The molecule has 0 aliphatic heterocycles. The Bertz CT molecular complexity index is 693. The highest BCUT2D eigenvalue weighted by Crippen LogP contribution is 2.29. The summed E-state index contributed by atoms with van der Waals surface area (Å²) in [5.74, 6) is -0.366. The average molecular weight is 361 g/mol. The Kier molecular flexibility index (Phi) is 5.54. The van der Waals surface area contributed by atoms with E-state index in [0.29, 0.717) is 26.3 Å². The molecule has 0 bridgehead atoms. The first-order valence-electron chi connectivity index (χ1n) is 5.86. The summed E-state index contributed by atoms with van der Waals surface area (Å²) >= 11 is 23.9. The first-order chi connectivity index (χ1) is 9.99. The van der Waals surface area contributed by atoms with Gasteiger partial charge < -0.3 is 5.32 Å². The van der Waals surface area contributed by atoms with Gasteiger partial charge in [-0.1, -0.05) is 58.5 Å². The Balaban J connectivity index is 2.15. The van der Waals surface area contributed by atoms with Gasteiger partial charge in [-0.2, -0.15) is 0 Å². The second-order valence-corrected chi connectivity index (χ2v) is 5.66. The van der Waals surface area contributed by atoms with E-state index in [4.69, 9.17) is 46.4 Å². The van der Waals surface area contributed by atoms with Crippen molar-refractivity contribution in [2.24, 2.45) is 0 Å². The van der Waals surface area contributed by atoms with Gasteiger partial charge in [0, 0.05) is 21.7 Å². The van der Waals surface area contributed by atoms with Gasteiger partial charge in [-0.05, 0) is 30.3 Å². The van der Waals surface area contributed by atoms with Crippen molar-refractivity contribution in [3.05, 3.63) is 68.1 Å². The Labute approximate surface area is 142 Å². The highest BCUT2D eigenvalue weighted by atomic mass is 35.5. The Morgan fingerprint density at radius 3 is 2.14 bits per heavy atom. The quantitative estimate of drug-likeness (QED) is 0.673. The van der Waals surface area contributed by atoms with Crippen molar-refractivity contribution in [2.45, 2.75) is 0 Å². The van der Waals surface area contributed by atoms with Crippen LogP contribution < -0.4 is 5.32 Å². The number of carbonyl (C=O) groups is 1. The van der Waals surface area contributed by atoms with Crippen LogP contribution in [0.3, 0.4) is 0 Å². The smallest absolute Gasteiger partial charge is 0.248 e. The van der Waals surface area contributed by atoms with Crippen LogP contribution in [0.25, 0.3) is 6.08 Å². The average Bonchev–Trinajstić information content (AvgIpc) is 2.43. The number of hydrogen-bond acceptors (Lipinski definition) is 1. The summed E-state index contributed by atoms with van der Waals surface area (Å²) in [5.41, 5.74) is 1.01. The number of amides is 1. The van der Waals surface area contributed by atoms with Crippen molar-refractivity contribution in [1.82, 2.24) is 0 Å².